The Balaban J connectivity index is 3.77. The van der Waals surface area contributed by atoms with Crippen LogP contribution in [0.3, 0.4) is 0 Å². The summed E-state index contributed by atoms with van der Waals surface area (Å²) in [6, 6.07) is 0. The van der Waals surface area contributed by atoms with Gasteiger partial charge in [0.1, 0.15) is 6.29 Å². The van der Waals surface area contributed by atoms with Crippen LogP contribution >= 0.6 is 0 Å². The maximum absolute atomic E-state index is 10.3. The summed E-state index contributed by atoms with van der Waals surface area (Å²) in [4.78, 5) is 10.3. The number of allylic oxidation sites excluding steroid dienone is 2. The number of carbonyl (C=O) groups excluding carboxylic acids is 1. The molecule has 0 N–H and O–H groups in total. The third-order valence-corrected chi connectivity index (χ3v) is 2.76. The van der Waals surface area contributed by atoms with Crippen molar-refractivity contribution < 1.29 is 4.79 Å². The number of unbranched alkanes of at least 4 members (excludes halogenated alkanes) is 2. The summed E-state index contributed by atoms with van der Waals surface area (Å²) in [5.41, 5.74) is 1.23. The van der Waals surface area contributed by atoms with E-state index in [0.717, 1.165) is 18.6 Å². The van der Waals surface area contributed by atoms with Crippen molar-refractivity contribution in [3.8, 4) is 0 Å². The van der Waals surface area contributed by atoms with Crippen molar-refractivity contribution in [2.24, 2.45) is 5.92 Å². The molecular weight excluding hydrogens is 172 g/mol. The highest BCUT2D eigenvalue weighted by molar-refractivity contribution is 5.65. The topological polar surface area (TPSA) is 17.1 Å². The van der Waals surface area contributed by atoms with Crippen LogP contribution in [0.15, 0.2) is 11.6 Å². The second kappa shape index (κ2) is 8.98. The zero-order valence-electron chi connectivity index (χ0n) is 9.88. The Kier molecular flexibility index (Phi) is 8.61. The van der Waals surface area contributed by atoms with Gasteiger partial charge in [-0.1, -0.05) is 51.5 Å². The van der Waals surface area contributed by atoms with Crippen LogP contribution in [0.25, 0.3) is 0 Å². The first kappa shape index (κ1) is 13.4. The molecule has 0 aliphatic rings. The van der Waals surface area contributed by atoms with E-state index < -0.39 is 0 Å². The Morgan fingerprint density at radius 3 is 2.50 bits per heavy atom. The third kappa shape index (κ3) is 6.88. The molecule has 0 amide bonds. The predicted molar refractivity (Wildman–Crippen MR) is 62.4 cm³/mol. The minimum atomic E-state index is 0.776. The van der Waals surface area contributed by atoms with Crippen LogP contribution in [-0.4, -0.2) is 6.29 Å². The Morgan fingerprint density at radius 2 is 2.00 bits per heavy atom. The van der Waals surface area contributed by atoms with E-state index >= 15 is 0 Å². The molecule has 0 radical (unpaired) electrons. The van der Waals surface area contributed by atoms with Crippen LogP contribution in [-0.2, 0) is 4.79 Å². The maximum atomic E-state index is 10.3. The van der Waals surface area contributed by atoms with Crippen molar-refractivity contribution in [2.75, 3.05) is 0 Å². The fourth-order valence-electron chi connectivity index (χ4n) is 1.77. The molecule has 0 rings (SSSR count). The molecule has 0 aromatic carbocycles. The van der Waals surface area contributed by atoms with E-state index in [2.05, 4.69) is 20.8 Å². The molecule has 0 heterocycles. The molecular formula is C13H24O. The molecule has 0 aromatic heterocycles. The molecule has 0 aliphatic carbocycles. The van der Waals surface area contributed by atoms with Gasteiger partial charge in [0, 0.05) is 0 Å². The van der Waals surface area contributed by atoms with Gasteiger partial charge >= 0.3 is 0 Å². The van der Waals surface area contributed by atoms with Crippen molar-refractivity contribution in [2.45, 2.75) is 59.3 Å². The molecule has 0 aromatic rings. The Labute approximate surface area is 88.6 Å². The molecule has 14 heavy (non-hydrogen) atoms. The summed E-state index contributed by atoms with van der Waals surface area (Å²) >= 11 is 0. The van der Waals surface area contributed by atoms with E-state index in [1.165, 1.54) is 37.7 Å². The van der Waals surface area contributed by atoms with E-state index in [4.69, 9.17) is 0 Å². The fourth-order valence-corrected chi connectivity index (χ4v) is 1.77. The largest absolute Gasteiger partial charge is 0.299 e. The normalized spacial score (nSPS) is 14.1. The van der Waals surface area contributed by atoms with Gasteiger partial charge in [-0.3, -0.25) is 4.79 Å². The van der Waals surface area contributed by atoms with Crippen LogP contribution in [0.2, 0.25) is 0 Å². The lowest BCUT2D eigenvalue weighted by Crippen LogP contribution is -1.99. The van der Waals surface area contributed by atoms with E-state index in [1.807, 2.05) is 0 Å². The first-order valence-electron chi connectivity index (χ1n) is 5.85. The van der Waals surface area contributed by atoms with Gasteiger partial charge in [-0.15, -0.1) is 0 Å². The van der Waals surface area contributed by atoms with Crippen molar-refractivity contribution in [1.82, 2.24) is 0 Å². The summed E-state index contributed by atoms with van der Waals surface area (Å²) in [6.45, 7) is 6.53. The van der Waals surface area contributed by atoms with E-state index in [1.54, 1.807) is 6.08 Å². The summed E-state index contributed by atoms with van der Waals surface area (Å²) < 4.78 is 0. The average molecular weight is 196 g/mol. The van der Waals surface area contributed by atoms with Crippen molar-refractivity contribution >= 4 is 6.29 Å². The van der Waals surface area contributed by atoms with Gasteiger partial charge in [-0.2, -0.15) is 0 Å². The minimum absolute atomic E-state index is 0.776. The highest BCUT2D eigenvalue weighted by Gasteiger charge is 2.06. The molecule has 0 saturated heterocycles. The Hall–Kier alpha value is -0.590. The van der Waals surface area contributed by atoms with Crippen LogP contribution in [0.5, 0.6) is 0 Å². The van der Waals surface area contributed by atoms with Crippen molar-refractivity contribution in [3.63, 3.8) is 0 Å². The van der Waals surface area contributed by atoms with Crippen molar-refractivity contribution in [1.29, 1.82) is 0 Å². The molecule has 0 fully saturated rings. The zero-order valence-corrected chi connectivity index (χ0v) is 9.88. The van der Waals surface area contributed by atoms with Crippen LogP contribution in [0.4, 0.5) is 0 Å². The van der Waals surface area contributed by atoms with Crippen molar-refractivity contribution in [3.05, 3.63) is 11.6 Å². The zero-order chi connectivity index (χ0) is 10.8. The smallest absolute Gasteiger partial charge is 0.142 e. The van der Waals surface area contributed by atoms with E-state index in [0.29, 0.717) is 0 Å². The maximum Gasteiger partial charge on any atom is 0.142 e. The molecule has 1 unspecified atom stereocenters. The fraction of sp³-hybridized carbons (Fsp3) is 0.769. The second-order valence-corrected chi connectivity index (χ2v) is 4.12. The Morgan fingerprint density at radius 1 is 1.29 bits per heavy atom. The predicted octanol–water partition coefficient (Wildman–Crippen LogP) is 4.13. The number of hydrogen-bond acceptors (Lipinski definition) is 1. The standard InChI is InChI=1S/C13H24O/c1-4-6-7-8-13(5-2)11-12(3)9-10-14/h9-10,13H,4-8,11H2,1-3H3. The van der Waals surface area contributed by atoms with Crippen LogP contribution in [0, 0.1) is 5.92 Å². The molecule has 1 nitrogen and oxygen atoms in total. The quantitative estimate of drug-likeness (QED) is 0.324. The molecule has 0 aliphatic heterocycles. The summed E-state index contributed by atoms with van der Waals surface area (Å²) in [6.07, 6.45) is 10.2. The van der Waals surface area contributed by atoms with Gasteiger partial charge in [0.15, 0.2) is 0 Å². The molecule has 0 spiro atoms. The number of carbonyl (C=O) groups is 1. The lowest BCUT2D eigenvalue weighted by atomic mass is 9.92. The molecule has 1 heteroatoms. The first-order valence-corrected chi connectivity index (χ1v) is 5.85. The van der Waals surface area contributed by atoms with Gasteiger partial charge in [-0.25, -0.2) is 0 Å². The van der Waals surface area contributed by atoms with Gasteiger partial charge < -0.3 is 0 Å². The Bertz CT molecular complexity index is 170. The lowest BCUT2D eigenvalue weighted by molar-refractivity contribution is -0.104. The monoisotopic (exact) mass is 196 g/mol. The molecule has 82 valence electrons. The lowest BCUT2D eigenvalue weighted by Gasteiger charge is -2.14. The van der Waals surface area contributed by atoms with E-state index in [-0.39, 0.29) is 0 Å². The third-order valence-electron chi connectivity index (χ3n) is 2.76. The highest BCUT2D eigenvalue weighted by atomic mass is 16.1. The number of rotatable bonds is 8. The molecule has 0 bridgehead atoms. The average Bonchev–Trinajstić information content (AvgIpc) is 2.17. The second-order valence-electron chi connectivity index (χ2n) is 4.12. The number of aldehydes is 1. The summed E-state index contributed by atoms with van der Waals surface area (Å²) in [5.74, 6) is 0.776. The van der Waals surface area contributed by atoms with Crippen LogP contribution in [0.1, 0.15) is 59.3 Å². The molecule has 1 atom stereocenters. The van der Waals surface area contributed by atoms with Gasteiger partial charge in [-0.05, 0) is 25.3 Å². The summed E-state index contributed by atoms with van der Waals surface area (Å²) in [7, 11) is 0. The summed E-state index contributed by atoms with van der Waals surface area (Å²) in [5, 5.41) is 0. The van der Waals surface area contributed by atoms with Gasteiger partial charge in [0.25, 0.3) is 0 Å². The SMILES string of the molecule is CCCCCC(CC)CC(C)=CC=O. The highest BCUT2D eigenvalue weighted by Crippen LogP contribution is 2.21. The number of hydrogen-bond donors (Lipinski definition) is 0. The van der Waals surface area contributed by atoms with Crippen LogP contribution < -0.4 is 0 Å². The van der Waals surface area contributed by atoms with Gasteiger partial charge in [0.05, 0.1) is 0 Å². The molecule has 0 saturated carbocycles. The van der Waals surface area contributed by atoms with E-state index in [9.17, 15) is 4.79 Å². The first-order chi connectivity index (χ1) is 6.74. The minimum Gasteiger partial charge on any atom is -0.299 e. The van der Waals surface area contributed by atoms with Gasteiger partial charge in [0.2, 0.25) is 0 Å².